The number of fused-ring (bicyclic) bond motifs is 1. The van der Waals surface area contributed by atoms with Crippen molar-refractivity contribution in [3.63, 3.8) is 0 Å². The van der Waals surface area contributed by atoms with E-state index >= 15 is 0 Å². The zero-order valence-electron chi connectivity index (χ0n) is 9.22. The van der Waals surface area contributed by atoms with Gasteiger partial charge in [0.2, 0.25) is 0 Å². The Morgan fingerprint density at radius 2 is 2.06 bits per heavy atom. The summed E-state index contributed by atoms with van der Waals surface area (Å²) in [7, 11) is 0. The van der Waals surface area contributed by atoms with E-state index in [-0.39, 0.29) is 0 Å². The van der Waals surface area contributed by atoms with Crippen LogP contribution in [0.3, 0.4) is 0 Å². The third-order valence-corrected chi connectivity index (χ3v) is 2.92. The van der Waals surface area contributed by atoms with Gasteiger partial charge in [0.15, 0.2) is 5.58 Å². The lowest BCUT2D eigenvalue weighted by Gasteiger charge is -2.00. The molecule has 4 heteroatoms. The largest absolute Gasteiger partial charge is 0.462 e. The average Bonchev–Trinajstić information content (AvgIpc) is 2.81. The summed E-state index contributed by atoms with van der Waals surface area (Å²) in [6.07, 6.45) is 3.17. The highest BCUT2D eigenvalue weighted by molar-refractivity contribution is 6.31. The number of rotatable bonds is 1. The van der Waals surface area contributed by atoms with Crippen LogP contribution in [0, 0.1) is 11.3 Å². The SMILES string of the molecule is N#Cc1ccccc1-c1coc2cc(Cl)cnc12. The van der Waals surface area contributed by atoms with Crippen molar-refractivity contribution in [3.05, 3.63) is 53.4 Å². The van der Waals surface area contributed by atoms with Crippen molar-refractivity contribution in [2.24, 2.45) is 0 Å². The number of aromatic nitrogens is 1. The van der Waals surface area contributed by atoms with Gasteiger partial charge in [0.25, 0.3) is 0 Å². The Morgan fingerprint density at radius 3 is 2.89 bits per heavy atom. The fourth-order valence-electron chi connectivity index (χ4n) is 1.90. The van der Waals surface area contributed by atoms with Crippen LogP contribution in [0.5, 0.6) is 0 Å². The molecule has 2 heterocycles. The second kappa shape index (κ2) is 4.17. The molecule has 18 heavy (non-hydrogen) atoms. The number of benzene rings is 1. The van der Waals surface area contributed by atoms with Crippen molar-refractivity contribution < 1.29 is 4.42 Å². The molecule has 0 unspecified atom stereocenters. The summed E-state index contributed by atoms with van der Waals surface area (Å²) in [6.45, 7) is 0. The topological polar surface area (TPSA) is 49.8 Å². The van der Waals surface area contributed by atoms with E-state index in [1.165, 1.54) is 0 Å². The van der Waals surface area contributed by atoms with E-state index in [1.807, 2.05) is 18.2 Å². The predicted octanol–water partition coefficient (Wildman–Crippen LogP) is 4.02. The lowest BCUT2D eigenvalue weighted by Crippen LogP contribution is -1.83. The van der Waals surface area contributed by atoms with E-state index in [0.29, 0.717) is 21.7 Å². The molecule has 0 atom stereocenters. The maximum Gasteiger partial charge on any atom is 0.154 e. The van der Waals surface area contributed by atoms with Gasteiger partial charge < -0.3 is 4.42 Å². The molecule has 0 radical (unpaired) electrons. The molecule has 0 aliphatic heterocycles. The first-order chi connectivity index (χ1) is 8.79. The first-order valence-corrected chi connectivity index (χ1v) is 5.69. The second-order valence-electron chi connectivity index (χ2n) is 3.81. The van der Waals surface area contributed by atoms with E-state index in [0.717, 1.165) is 11.1 Å². The Bertz CT molecular complexity index is 771. The molecule has 0 aliphatic rings. The molecule has 0 bridgehead atoms. The van der Waals surface area contributed by atoms with Gasteiger partial charge in [-0.1, -0.05) is 29.8 Å². The van der Waals surface area contributed by atoms with Crippen molar-refractivity contribution in [3.8, 4) is 17.2 Å². The molecule has 0 amide bonds. The molecule has 86 valence electrons. The fourth-order valence-corrected chi connectivity index (χ4v) is 2.05. The fraction of sp³-hybridized carbons (Fsp3) is 0. The summed E-state index contributed by atoms with van der Waals surface area (Å²) in [5, 5.41) is 9.64. The normalized spacial score (nSPS) is 10.4. The highest BCUT2D eigenvalue weighted by Gasteiger charge is 2.12. The van der Waals surface area contributed by atoms with Crippen LogP contribution in [0.4, 0.5) is 0 Å². The van der Waals surface area contributed by atoms with Gasteiger partial charge in [0.1, 0.15) is 11.8 Å². The lowest BCUT2D eigenvalue weighted by atomic mass is 10.0. The van der Waals surface area contributed by atoms with Crippen LogP contribution in [-0.2, 0) is 0 Å². The summed E-state index contributed by atoms with van der Waals surface area (Å²) < 4.78 is 5.43. The number of furan rings is 1. The molecule has 0 fully saturated rings. The lowest BCUT2D eigenvalue weighted by molar-refractivity contribution is 0.616. The Kier molecular flexibility index (Phi) is 2.51. The molecule has 0 spiro atoms. The molecule has 3 aromatic rings. The van der Waals surface area contributed by atoms with Crippen molar-refractivity contribution in [1.82, 2.24) is 4.98 Å². The number of hydrogen-bond donors (Lipinski definition) is 0. The van der Waals surface area contributed by atoms with Gasteiger partial charge in [0.05, 0.1) is 16.7 Å². The van der Waals surface area contributed by atoms with E-state index in [9.17, 15) is 0 Å². The van der Waals surface area contributed by atoms with Crippen LogP contribution in [0.25, 0.3) is 22.2 Å². The van der Waals surface area contributed by atoms with Gasteiger partial charge in [-0.2, -0.15) is 5.26 Å². The number of halogens is 1. The van der Waals surface area contributed by atoms with Crippen LogP contribution in [0.1, 0.15) is 5.56 Å². The van der Waals surface area contributed by atoms with Gasteiger partial charge in [-0.3, -0.25) is 4.98 Å². The summed E-state index contributed by atoms with van der Waals surface area (Å²) in [5.41, 5.74) is 3.54. The zero-order chi connectivity index (χ0) is 12.5. The molecule has 2 aromatic heterocycles. The van der Waals surface area contributed by atoms with Crippen LogP contribution in [-0.4, -0.2) is 4.98 Å². The van der Waals surface area contributed by atoms with Crippen LogP contribution < -0.4 is 0 Å². The second-order valence-corrected chi connectivity index (χ2v) is 4.24. The Hall–Kier alpha value is -2.31. The first-order valence-electron chi connectivity index (χ1n) is 5.32. The Labute approximate surface area is 108 Å². The van der Waals surface area contributed by atoms with Crippen molar-refractivity contribution >= 4 is 22.7 Å². The van der Waals surface area contributed by atoms with Crippen molar-refractivity contribution in [2.75, 3.05) is 0 Å². The summed E-state index contributed by atoms with van der Waals surface area (Å²) in [5.74, 6) is 0. The van der Waals surface area contributed by atoms with Crippen LogP contribution >= 0.6 is 11.6 Å². The van der Waals surface area contributed by atoms with Gasteiger partial charge in [0, 0.05) is 23.4 Å². The maximum atomic E-state index is 9.11. The highest BCUT2D eigenvalue weighted by Crippen LogP contribution is 2.32. The molecule has 0 saturated carbocycles. The zero-order valence-corrected chi connectivity index (χ0v) is 9.98. The minimum atomic E-state index is 0.525. The molecular weight excluding hydrogens is 248 g/mol. The third kappa shape index (κ3) is 1.64. The quantitative estimate of drug-likeness (QED) is 0.659. The van der Waals surface area contributed by atoms with Gasteiger partial charge in [-0.25, -0.2) is 0 Å². The van der Waals surface area contributed by atoms with E-state index < -0.39 is 0 Å². The van der Waals surface area contributed by atoms with Crippen molar-refractivity contribution in [1.29, 1.82) is 5.26 Å². The number of nitrogens with zero attached hydrogens (tertiary/aromatic N) is 2. The molecule has 3 rings (SSSR count). The minimum absolute atomic E-state index is 0.525. The molecule has 0 saturated heterocycles. The molecule has 1 aromatic carbocycles. The standard InChI is InChI=1S/C14H7ClN2O/c15-10-5-13-14(17-7-10)12(8-18-13)11-4-2-1-3-9(11)6-16/h1-5,7-8H. The highest BCUT2D eigenvalue weighted by atomic mass is 35.5. The van der Waals surface area contributed by atoms with E-state index in [2.05, 4.69) is 11.1 Å². The first kappa shape index (κ1) is 10.8. The van der Waals surface area contributed by atoms with Gasteiger partial charge in [-0.05, 0) is 6.07 Å². The number of pyridine rings is 1. The minimum Gasteiger partial charge on any atom is -0.462 e. The smallest absolute Gasteiger partial charge is 0.154 e. The monoisotopic (exact) mass is 254 g/mol. The van der Waals surface area contributed by atoms with Crippen molar-refractivity contribution in [2.45, 2.75) is 0 Å². The van der Waals surface area contributed by atoms with Crippen LogP contribution in [0.2, 0.25) is 5.02 Å². The van der Waals surface area contributed by atoms with Gasteiger partial charge >= 0.3 is 0 Å². The maximum absolute atomic E-state index is 9.11. The van der Waals surface area contributed by atoms with E-state index in [4.69, 9.17) is 21.3 Å². The summed E-state index contributed by atoms with van der Waals surface area (Å²) in [6, 6.07) is 11.2. The molecule has 3 nitrogen and oxygen atoms in total. The third-order valence-electron chi connectivity index (χ3n) is 2.72. The number of hydrogen-bond acceptors (Lipinski definition) is 3. The molecule has 0 N–H and O–H groups in total. The molecular formula is C14H7ClN2O. The van der Waals surface area contributed by atoms with E-state index in [1.54, 1.807) is 24.6 Å². The summed E-state index contributed by atoms with van der Waals surface area (Å²) in [4.78, 5) is 4.26. The van der Waals surface area contributed by atoms with Gasteiger partial charge in [-0.15, -0.1) is 0 Å². The average molecular weight is 255 g/mol. The number of nitriles is 1. The van der Waals surface area contributed by atoms with Crippen LogP contribution in [0.15, 0.2) is 47.2 Å². The predicted molar refractivity (Wildman–Crippen MR) is 69.2 cm³/mol. The Morgan fingerprint density at radius 1 is 1.22 bits per heavy atom. The molecule has 0 aliphatic carbocycles. The summed E-state index contributed by atoms with van der Waals surface area (Å²) >= 11 is 5.86. The Balaban J connectivity index is 2.30.